The maximum Gasteiger partial charge on any atom is 0.138 e. The highest BCUT2D eigenvalue weighted by Crippen LogP contribution is 2.12. The maximum absolute atomic E-state index is 9.03. The molecule has 33 heavy (non-hydrogen) atoms. The van der Waals surface area contributed by atoms with E-state index in [1.807, 2.05) is 12.2 Å². The zero-order chi connectivity index (χ0) is 24.5. The summed E-state index contributed by atoms with van der Waals surface area (Å²) in [6, 6.07) is 3.31. The molecule has 0 radical (unpaired) electrons. The first-order valence-electron chi connectivity index (χ1n) is 12.0. The highest BCUT2D eigenvalue weighted by molar-refractivity contribution is 6.85. The first-order valence-corrected chi connectivity index (χ1v) is 15.2. The Morgan fingerprint density at radius 3 is 2.15 bits per heavy atom. The molecule has 0 heterocycles. The second-order valence-electron chi connectivity index (χ2n) is 8.41. The smallest absolute Gasteiger partial charge is 0.138 e. The Balaban J connectivity index is 3.67. The largest absolute Gasteiger partial charge is 0.393 e. The van der Waals surface area contributed by atoms with Crippen LogP contribution in [0.15, 0.2) is 24.3 Å². The number of aliphatic hydroxyl groups is 2. The molecule has 3 nitrogen and oxygen atoms in total. The molecule has 0 saturated carbocycles. The van der Waals surface area contributed by atoms with Crippen molar-refractivity contribution in [3.05, 3.63) is 24.3 Å². The standard InChI is InChI=1S/C29H39NO2Si/c1-33(2,27-23-21-25-30)26-22-19-17-15-13-11-9-7-5-3-4-6-8-10-12-14-16-18-20-24-29(32)28-31/h3-4,17,19,29,31-32H,5,7,9-15,21,23,27-28H2,1-2H3/b4-3-,19-17-/t29-/m1/s1. The molecule has 176 valence electrons. The van der Waals surface area contributed by atoms with E-state index in [9.17, 15) is 0 Å². The van der Waals surface area contributed by atoms with Crippen molar-refractivity contribution >= 4 is 8.07 Å². The molecular weight excluding hydrogens is 422 g/mol. The fourth-order valence-electron chi connectivity index (χ4n) is 2.74. The summed E-state index contributed by atoms with van der Waals surface area (Å²) in [6.45, 7) is 4.18. The Labute approximate surface area is 203 Å². The van der Waals surface area contributed by atoms with Crippen LogP contribution in [0.25, 0.3) is 0 Å². The van der Waals surface area contributed by atoms with Gasteiger partial charge in [-0.25, -0.2) is 0 Å². The number of aliphatic hydroxyl groups excluding tert-OH is 2. The molecule has 0 aromatic carbocycles. The first-order chi connectivity index (χ1) is 16.0. The first kappa shape index (κ1) is 30.3. The van der Waals surface area contributed by atoms with E-state index in [0.717, 1.165) is 44.6 Å². The van der Waals surface area contributed by atoms with Gasteiger partial charge in [-0.2, -0.15) is 5.26 Å². The van der Waals surface area contributed by atoms with Gasteiger partial charge < -0.3 is 10.2 Å². The number of allylic oxidation sites excluding steroid dienone is 4. The summed E-state index contributed by atoms with van der Waals surface area (Å²) >= 11 is 0. The topological polar surface area (TPSA) is 64.2 Å². The molecule has 4 heteroatoms. The lowest BCUT2D eigenvalue weighted by molar-refractivity contribution is 0.138. The van der Waals surface area contributed by atoms with Crippen molar-refractivity contribution in [3.8, 4) is 53.1 Å². The summed E-state index contributed by atoms with van der Waals surface area (Å²) in [5.41, 5.74) is 3.43. The third-order valence-electron chi connectivity index (χ3n) is 4.66. The van der Waals surface area contributed by atoms with Crippen LogP contribution in [0.1, 0.15) is 70.6 Å². The summed E-state index contributed by atoms with van der Waals surface area (Å²) in [6.07, 6.45) is 18.4. The minimum absolute atomic E-state index is 0.363. The van der Waals surface area contributed by atoms with E-state index >= 15 is 0 Å². The number of unbranched alkanes of at least 4 members (excludes halogenated alkanes) is 8. The lowest BCUT2D eigenvalue weighted by atomic mass is 10.1. The van der Waals surface area contributed by atoms with Crippen molar-refractivity contribution in [2.75, 3.05) is 6.61 Å². The number of rotatable bonds is 13. The molecule has 0 aliphatic heterocycles. The van der Waals surface area contributed by atoms with Crippen molar-refractivity contribution in [2.45, 2.75) is 95.9 Å². The van der Waals surface area contributed by atoms with Gasteiger partial charge in [0.2, 0.25) is 0 Å². The van der Waals surface area contributed by atoms with E-state index in [-0.39, 0.29) is 6.61 Å². The van der Waals surface area contributed by atoms with Crippen molar-refractivity contribution in [3.63, 3.8) is 0 Å². The highest BCUT2D eigenvalue weighted by atomic mass is 28.3. The van der Waals surface area contributed by atoms with Crippen LogP contribution in [0.5, 0.6) is 0 Å². The highest BCUT2D eigenvalue weighted by Gasteiger charge is 2.16. The summed E-state index contributed by atoms with van der Waals surface area (Å²) in [4.78, 5) is 0. The van der Waals surface area contributed by atoms with Crippen molar-refractivity contribution in [1.29, 1.82) is 5.26 Å². The van der Waals surface area contributed by atoms with Gasteiger partial charge in [-0.05, 0) is 68.6 Å². The zero-order valence-corrected chi connectivity index (χ0v) is 21.4. The normalized spacial score (nSPS) is 11.2. The lowest BCUT2D eigenvalue weighted by Crippen LogP contribution is -2.22. The predicted molar refractivity (Wildman–Crippen MR) is 141 cm³/mol. The summed E-state index contributed by atoms with van der Waals surface area (Å²) in [5.74, 6) is 19.9. The third kappa shape index (κ3) is 23.8. The van der Waals surface area contributed by atoms with Crippen LogP contribution in [-0.4, -0.2) is 31.0 Å². The van der Waals surface area contributed by atoms with E-state index < -0.39 is 14.2 Å². The second-order valence-corrected chi connectivity index (χ2v) is 12.9. The van der Waals surface area contributed by atoms with Crippen LogP contribution in [0.2, 0.25) is 19.1 Å². The van der Waals surface area contributed by atoms with E-state index in [0.29, 0.717) is 6.42 Å². The SMILES string of the molecule is C[Si](C)(C#C/C=C\CCCCCC/C=C\C#CCCCC#CC#C[C@@H](O)CO)CCCC#N. The molecule has 1 atom stereocenters. The Morgan fingerprint density at radius 1 is 0.818 bits per heavy atom. The maximum atomic E-state index is 9.03. The average molecular weight is 462 g/mol. The predicted octanol–water partition coefficient (Wildman–Crippen LogP) is 5.53. The summed E-state index contributed by atoms with van der Waals surface area (Å²) in [7, 11) is -1.46. The molecule has 0 aromatic heterocycles. The zero-order valence-electron chi connectivity index (χ0n) is 20.4. The average Bonchev–Trinajstić information content (AvgIpc) is 2.79. The molecule has 0 rings (SSSR count). The number of nitrogens with zero attached hydrogens (tertiary/aromatic N) is 1. The van der Waals surface area contributed by atoms with E-state index in [2.05, 4.69) is 78.3 Å². The number of hydrogen-bond donors (Lipinski definition) is 2. The van der Waals surface area contributed by atoms with Crippen LogP contribution in [0.3, 0.4) is 0 Å². The van der Waals surface area contributed by atoms with E-state index in [4.69, 9.17) is 15.5 Å². The molecule has 0 bridgehead atoms. The molecule has 0 aliphatic carbocycles. The molecule has 0 aliphatic rings. The molecule has 0 fully saturated rings. The Kier molecular flexibility index (Phi) is 20.7. The van der Waals surface area contributed by atoms with Gasteiger partial charge in [0.25, 0.3) is 0 Å². The molecule has 0 spiro atoms. The van der Waals surface area contributed by atoms with E-state index in [1.54, 1.807) is 0 Å². The van der Waals surface area contributed by atoms with Crippen LogP contribution in [0, 0.1) is 58.3 Å². The van der Waals surface area contributed by atoms with Crippen molar-refractivity contribution < 1.29 is 10.2 Å². The van der Waals surface area contributed by atoms with Crippen LogP contribution in [0.4, 0.5) is 0 Å². The Morgan fingerprint density at radius 2 is 1.48 bits per heavy atom. The minimum Gasteiger partial charge on any atom is -0.393 e. The molecule has 0 saturated heterocycles. The van der Waals surface area contributed by atoms with Gasteiger partial charge in [-0.3, -0.25) is 0 Å². The Bertz CT molecular complexity index is 864. The fraction of sp³-hybridized carbons (Fsp3) is 0.552. The van der Waals surface area contributed by atoms with Gasteiger partial charge in [-0.1, -0.05) is 67.7 Å². The van der Waals surface area contributed by atoms with Crippen LogP contribution < -0.4 is 0 Å². The molecule has 0 aromatic rings. The lowest BCUT2D eigenvalue weighted by Gasteiger charge is -2.12. The van der Waals surface area contributed by atoms with Gasteiger partial charge >= 0.3 is 0 Å². The van der Waals surface area contributed by atoms with Crippen LogP contribution in [-0.2, 0) is 0 Å². The summed E-state index contributed by atoms with van der Waals surface area (Å²) < 4.78 is 0. The molecule has 0 unspecified atom stereocenters. The monoisotopic (exact) mass is 461 g/mol. The quantitative estimate of drug-likeness (QED) is 0.215. The number of nitriles is 1. The van der Waals surface area contributed by atoms with Gasteiger partial charge in [0.05, 0.1) is 12.7 Å². The minimum atomic E-state index is -1.46. The van der Waals surface area contributed by atoms with Crippen molar-refractivity contribution in [2.24, 2.45) is 0 Å². The van der Waals surface area contributed by atoms with Gasteiger partial charge in [0.1, 0.15) is 14.2 Å². The Hall–Kier alpha value is -2.65. The van der Waals surface area contributed by atoms with E-state index in [1.165, 1.54) is 25.7 Å². The fourth-order valence-corrected chi connectivity index (χ4v) is 4.40. The van der Waals surface area contributed by atoms with Gasteiger partial charge in [0.15, 0.2) is 0 Å². The second kappa shape index (κ2) is 22.5. The molecule has 2 N–H and O–H groups in total. The third-order valence-corrected chi connectivity index (χ3v) is 7.09. The number of hydrogen-bond acceptors (Lipinski definition) is 3. The van der Waals surface area contributed by atoms with Crippen molar-refractivity contribution in [1.82, 2.24) is 0 Å². The molecular formula is C29H39NO2Si. The van der Waals surface area contributed by atoms with Crippen LogP contribution >= 0.6 is 0 Å². The van der Waals surface area contributed by atoms with Gasteiger partial charge in [-0.15, -0.1) is 5.54 Å². The molecule has 0 amide bonds. The summed E-state index contributed by atoms with van der Waals surface area (Å²) in [5, 5.41) is 26.3. The van der Waals surface area contributed by atoms with Gasteiger partial charge in [0, 0.05) is 19.3 Å².